The summed E-state index contributed by atoms with van der Waals surface area (Å²) in [4.78, 5) is 11.2. The molecule has 1 atom stereocenters. The molecule has 2 heterocycles. The summed E-state index contributed by atoms with van der Waals surface area (Å²) in [6.45, 7) is 9.84. The average Bonchev–Trinajstić information content (AvgIpc) is 2.46. The number of ether oxygens (including phenoxy) is 1. The van der Waals surface area contributed by atoms with Crippen molar-refractivity contribution in [3.05, 3.63) is 18.0 Å². The summed E-state index contributed by atoms with van der Waals surface area (Å²) in [5.74, 6) is 0.822. The van der Waals surface area contributed by atoms with Crippen molar-refractivity contribution >= 4 is 5.95 Å². The van der Waals surface area contributed by atoms with Crippen LogP contribution < -0.4 is 10.2 Å². The van der Waals surface area contributed by atoms with Gasteiger partial charge in [0.05, 0.1) is 6.10 Å². The maximum atomic E-state index is 5.72. The van der Waals surface area contributed by atoms with Crippen molar-refractivity contribution in [2.45, 2.75) is 52.3 Å². The third-order valence-electron chi connectivity index (χ3n) is 3.47. The zero-order valence-electron chi connectivity index (χ0n) is 12.8. The Bertz CT molecular complexity index is 391. The smallest absolute Gasteiger partial charge is 0.225 e. The van der Waals surface area contributed by atoms with E-state index in [0.717, 1.165) is 50.6 Å². The number of hydrogen-bond donors (Lipinski definition) is 1. The molecule has 1 fully saturated rings. The summed E-state index contributed by atoms with van der Waals surface area (Å²) in [5, 5.41) is 3.37. The number of aromatic nitrogens is 2. The molecule has 1 aliphatic rings. The first-order valence-electron chi connectivity index (χ1n) is 7.60. The topological polar surface area (TPSA) is 50.3 Å². The van der Waals surface area contributed by atoms with E-state index in [1.807, 2.05) is 19.3 Å². The molecule has 0 aliphatic carbocycles. The third-order valence-corrected chi connectivity index (χ3v) is 3.47. The van der Waals surface area contributed by atoms with Crippen molar-refractivity contribution in [2.75, 3.05) is 24.6 Å². The van der Waals surface area contributed by atoms with E-state index in [1.54, 1.807) is 0 Å². The van der Waals surface area contributed by atoms with Crippen LogP contribution in [0.4, 0.5) is 5.95 Å². The molecule has 112 valence electrons. The quantitative estimate of drug-likeness (QED) is 0.862. The van der Waals surface area contributed by atoms with E-state index >= 15 is 0 Å². The molecule has 1 aliphatic heterocycles. The lowest BCUT2D eigenvalue weighted by atomic mass is 10.1. The van der Waals surface area contributed by atoms with Gasteiger partial charge in [0.2, 0.25) is 5.95 Å². The highest BCUT2D eigenvalue weighted by molar-refractivity contribution is 5.30. The van der Waals surface area contributed by atoms with Gasteiger partial charge in [0, 0.05) is 50.2 Å². The Morgan fingerprint density at radius 3 is 2.80 bits per heavy atom. The number of piperidine rings is 1. The van der Waals surface area contributed by atoms with Gasteiger partial charge in [0.25, 0.3) is 0 Å². The minimum atomic E-state index is 0.319. The maximum absolute atomic E-state index is 5.72. The van der Waals surface area contributed by atoms with E-state index in [1.165, 1.54) is 0 Å². The fourth-order valence-corrected chi connectivity index (χ4v) is 2.42. The normalized spacial score (nSPS) is 19.6. The van der Waals surface area contributed by atoms with Gasteiger partial charge in [0.15, 0.2) is 0 Å². The number of hydrogen-bond acceptors (Lipinski definition) is 5. The average molecular weight is 278 g/mol. The van der Waals surface area contributed by atoms with Crippen molar-refractivity contribution in [3.8, 4) is 0 Å². The molecule has 0 spiro atoms. The van der Waals surface area contributed by atoms with Crippen LogP contribution in [0.5, 0.6) is 0 Å². The molecule has 0 aromatic carbocycles. The summed E-state index contributed by atoms with van der Waals surface area (Å²) >= 11 is 0. The molecule has 5 heteroatoms. The molecule has 5 nitrogen and oxygen atoms in total. The molecule has 0 saturated carbocycles. The molecule has 1 saturated heterocycles. The van der Waals surface area contributed by atoms with Crippen LogP contribution in [0.3, 0.4) is 0 Å². The van der Waals surface area contributed by atoms with Crippen molar-refractivity contribution in [1.82, 2.24) is 15.3 Å². The Hall–Kier alpha value is -1.20. The molecule has 0 amide bonds. The second-order valence-corrected chi connectivity index (χ2v) is 5.59. The first-order chi connectivity index (χ1) is 9.69. The zero-order valence-corrected chi connectivity index (χ0v) is 12.8. The van der Waals surface area contributed by atoms with Crippen LogP contribution in [0.2, 0.25) is 0 Å². The highest BCUT2D eigenvalue weighted by atomic mass is 16.5. The molecule has 2 rings (SSSR count). The van der Waals surface area contributed by atoms with Gasteiger partial charge in [-0.3, -0.25) is 0 Å². The SMILES string of the molecule is CCOC1CCCN(c2ncc(CNC(C)C)cn2)C1. The van der Waals surface area contributed by atoms with Gasteiger partial charge in [-0.25, -0.2) is 9.97 Å². The van der Waals surface area contributed by atoms with Crippen LogP contribution in [0.25, 0.3) is 0 Å². The summed E-state index contributed by atoms with van der Waals surface area (Å²) in [5.41, 5.74) is 1.13. The first kappa shape index (κ1) is 15.2. The summed E-state index contributed by atoms with van der Waals surface area (Å²) in [6.07, 6.45) is 6.44. The Kier molecular flexibility index (Phi) is 5.73. The van der Waals surface area contributed by atoms with Gasteiger partial charge in [0.1, 0.15) is 0 Å². The second-order valence-electron chi connectivity index (χ2n) is 5.59. The molecule has 0 bridgehead atoms. The van der Waals surface area contributed by atoms with Crippen LogP contribution in [0.1, 0.15) is 39.2 Å². The lowest BCUT2D eigenvalue weighted by molar-refractivity contribution is 0.0523. The molecule has 1 unspecified atom stereocenters. The summed E-state index contributed by atoms with van der Waals surface area (Å²) in [7, 11) is 0. The maximum Gasteiger partial charge on any atom is 0.225 e. The minimum Gasteiger partial charge on any atom is -0.377 e. The Balaban J connectivity index is 1.91. The predicted molar refractivity (Wildman–Crippen MR) is 80.9 cm³/mol. The van der Waals surface area contributed by atoms with E-state index in [2.05, 4.69) is 34.0 Å². The Morgan fingerprint density at radius 2 is 2.15 bits per heavy atom. The van der Waals surface area contributed by atoms with Crippen LogP contribution in [0, 0.1) is 0 Å². The zero-order chi connectivity index (χ0) is 14.4. The molecule has 1 aromatic heterocycles. The van der Waals surface area contributed by atoms with Gasteiger partial charge in [-0.1, -0.05) is 13.8 Å². The van der Waals surface area contributed by atoms with Gasteiger partial charge < -0.3 is 15.0 Å². The van der Waals surface area contributed by atoms with Crippen LogP contribution >= 0.6 is 0 Å². The van der Waals surface area contributed by atoms with Crippen molar-refractivity contribution in [1.29, 1.82) is 0 Å². The van der Waals surface area contributed by atoms with Crippen LogP contribution in [0.15, 0.2) is 12.4 Å². The molecule has 0 radical (unpaired) electrons. The Labute approximate surface area is 121 Å². The highest BCUT2D eigenvalue weighted by Crippen LogP contribution is 2.17. The first-order valence-corrected chi connectivity index (χ1v) is 7.60. The molecule has 1 aromatic rings. The van der Waals surface area contributed by atoms with E-state index in [0.29, 0.717) is 12.1 Å². The number of rotatable bonds is 6. The standard InChI is InChI=1S/C15H26N4O/c1-4-20-14-6-5-7-19(11-14)15-17-9-13(10-18-15)8-16-12(2)3/h9-10,12,14,16H,4-8,11H2,1-3H3. The van der Waals surface area contributed by atoms with Crippen molar-refractivity contribution in [3.63, 3.8) is 0 Å². The van der Waals surface area contributed by atoms with Gasteiger partial charge in [-0.15, -0.1) is 0 Å². The van der Waals surface area contributed by atoms with Gasteiger partial charge >= 0.3 is 0 Å². The van der Waals surface area contributed by atoms with E-state index in [9.17, 15) is 0 Å². The number of nitrogens with one attached hydrogen (secondary N) is 1. The third kappa shape index (κ3) is 4.42. The lowest BCUT2D eigenvalue weighted by Crippen LogP contribution is -2.40. The minimum absolute atomic E-state index is 0.319. The largest absolute Gasteiger partial charge is 0.377 e. The number of nitrogens with zero attached hydrogens (tertiary/aromatic N) is 3. The van der Waals surface area contributed by atoms with Gasteiger partial charge in [-0.2, -0.15) is 0 Å². The summed E-state index contributed by atoms with van der Waals surface area (Å²) < 4.78 is 5.72. The van der Waals surface area contributed by atoms with Crippen molar-refractivity contribution in [2.24, 2.45) is 0 Å². The second kappa shape index (κ2) is 7.55. The molecule has 1 N–H and O–H groups in total. The van der Waals surface area contributed by atoms with Crippen LogP contribution in [-0.2, 0) is 11.3 Å². The van der Waals surface area contributed by atoms with E-state index < -0.39 is 0 Å². The Morgan fingerprint density at radius 1 is 1.40 bits per heavy atom. The molecular weight excluding hydrogens is 252 g/mol. The number of anilines is 1. The van der Waals surface area contributed by atoms with Crippen molar-refractivity contribution < 1.29 is 4.74 Å². The predicted octanol–water partition coefficient (Wildman–Crippen LogP) is 1.98. The monoisotopic (exact) mass is 278 g/mol. The molecular formula is C15H26N4O. The van der Waals surface area contributed by atoms with Crippen LogP contribution in [-0.4, -0.2) is 41.8 Å². The lowest BCUT2D eigenvalue weighted by Gasteiger charge is -2.32. The molecule has 20 heavy (non-hydrogen) atoms. The fraction of sp³-hybridized carbons (Fsp3) is 0.733. The van der Waals surface area contributed by atoms with E-state index in [4.69, 9.17) is 4.74 Å². The van der Waals surface area contributed by atoms with E-state index in [-0.39, 0.29) is 0 Å². The summed E-state index contributed by atoms with van der Waals surface area (Å²) in [6, 6.07) is 0.476. The van der Waals surface area contributed by atoms with Gasteiger partial charge in [-0.05, 0) is 19.8 Å². The highest BCUT2D eigenvalue weighted by Gasteiger charge is 2.21. The fourth-order valence-electron chi connectivity index (χ4n) is 2.42.